The van der Waals surface area contributed by atoms with Crippen LogP contribution in [-0.4, -0.2) is 5.97 Å². The number of carbonyl (C=O) groups is 1. The molecule has 0 aliphatic carbocycles. The molecule has 0 fully saturated rings. The Balaban J connectivity index is 2.86. The van der Waals surface area contributed by atoms with E-state index in [0.29, 0.717) is 12.3 Å². The third kappa shape index (κ3) is 4.06. The summed E-state index contributed by atoms with van der Waals surface area (Å²) in [6.07, 6.45) is 2.19. The quantitative estimate of drug-likeness (QED) is 0.566. The zero-order chi connectivity index (χ0) is 12.8. The van der Waals surface area contributed by atoms with Crippen molar-refractivity contribution in [2.75, 3.05) is 0 Å². The molecule has 2 heteroatoms. The number of esters is 1. The summed E-state index contributed by atoms with van der Waals surface area (Å²) in [4.78, 5) is 11.0. The van der Waals surface area contributed by atoms with Gasteiger partial charge in [0, 0.05) is 13.3 Å². The molecule has 0 aliphatic heterocycles. The molecule has 0 aromatic heterocycles. The molecule has 0 bridgehead atoms. The van der Waals surface area contributed by atoms with Crippen molar-refractivity contribution in [1.29, 1.82) is 0 Å². The molecule has 0 N–H and O–H groups in total. The SMILES string of the molecule is C=CCC(OC(C)=O)c1ccc(C(C)C)cc1. The van der Waals surface area contributed by atoms with Crippen molar-refractivity contribution in [1.82, 2.24) is 0 Å². The number of carbonyl (C=O) groups excluding carboxylic acids is 1. The van der Waals surface area contributed by atoms with E-state index in [4.69, 9.17) is 4.74 Å². The van der Waals surface area contributed by atoms with Crippen LogP contribution >= 0.6 is 0 Å². The fourth-order valence-corrected chi connectivity index (χ4v) is 1.70. The molecule has 1 unspecified atom stereocenters. The van der Waals surface area contributed by atoms with E-state index in [1.807, 2.05) is 12.1 Å². The standard InChI is InChI=1S/C15H20O2/c1-5-6-15(17-12(4)16)14-9-7-13(8-10-14)11(2)3/h5,7-11,15H,1,6H2,2-4H3. The Kier molecular flexibility index (Phi) is 4.95. The van der Waals surface area contributed by atoms with Crippen LogP contribution < -0.4 is 0 Å². The fraction of sp³-hybridized carbons (Fsp3) is 0.400. The second-order valence-corrected chi connectivity index (χ2v) is 4.44. The first-order chi connectivity index (χ1) is 8.04. The first-order valence-corrected chi connectivity index (χ1v) is 5.92. The molecular formula is C15H20O2. The summed E-state index contributed by atoms with van der Waals surface area (Å²) in [6.45, 7) is 9.43. The minimum atomic E-state index is -0.259. The van der Waals surface area contributed by atoms with E-state index in [-0.39, 0.29) is 12.1 Å². The molecule has 0 radical (unpaired) electrons. The molecule has 0 amide bonds. The fourth-order valence-electron chi connectivity index (χ4n) is 1.70. The van der Waals surface area contributed by atoms with Crippen molar-refractivity contribution in [2.24, 2.45) is 0 Å². The van der Waals surface area contributed by atoms with Crippen molar-refractivity contribution in [2.45, 2.75) is 39.2 Å². The Morgan fingerprint density at radius 2 is 1.82 bits per heavy atom. The van der Waals surface area contributed by atoms with Gasteiger partial charge in [0.1, 0.15) is 6.10 Å². The van der Waals surface area contributed by atoms with E-state index in [9.17, 15) is 4.79 Å². The Morgan fingerprint density at radius 1 is 1.29 bits per heavy atom. The third-order valence-electron chi connectivity index (χ3n) is 2.66. The summed E-state index contributed by atoms with van der Waals surface area (Å²) in [5.74, 6) is 0.250. The molecule has 1 atom stereocenters. The molecular weight excluding hydrogens is 212 g/mol. The summed E-state index contributed by atoms with van der Waals surface area (Å²) in [6, 6.07) is 8.21. The summed E-state index contributed by atoms with van der Waals surface area (Å²) < 4.78 is 5.27. The third-order valence-corrected chi connectivity index (χ3v) is 2.66. The van der Waals surface area contributed by atoms with Gasteiger partial charge >= 0.3 is 5.97 Å². The Morgan fingerprint density at radius 3 is 2.24 bits per heavy atom. The van der Waals surface area contributed by atoms with Crippen LogP contribution in [0.4, 0.5) is 0 Å². The maximum atomic E-state index is 11.0. The van der Waals surface area contributed by atoms with Crippen molar-refractivity contribution in [3.63, 3.8) is 0 Å². The van der Waals surface area contributed by atoms with Crippen LogP contribution in [0.3, 0.4) is 0 Å². The number of hydrogen-bond acceptors (Lipinski definition) is 2. The first-order valence-electron chi connectivity index (χ1n) is 5.92. The van der Waals surface area contributed by atoms with Gasteiger partial charge in [-0.15, -0.1) is 6.58 Å². The van der Waals surface area contributed by atoms with E-state index in [2.05, 4.69) is 32.6 Å². The van der Waals surface area contributed by atoms with Crippen LogP contribution in [-0.2, 0) is 9.53 Å². The first kappa shape index (κ1) is 13.5. The van der Waals surface area contributed by atoms with Gasteiger partial charge in [-0.05, 0) is 17.0 Å². The number of hydrogen-bond donors (Lipinski definition) is 0. The Labute approximate surface area is 103 Å². The summed E-state index contributed by atoms with van der Waals surface area (Å²) in [5.41, 5.74) is 2.30. The van der Waals surface area contributed by atoms with Crippen molar-refractivity contribution < 1.29 is 9.53 Å². The highest BCUT2D eigenvalue weighted by atomic mass is 16.5. The average molecular weight is 232 g/mol. The van der Waals surface area contributed by atoms with Gasteiger partial charge < -0.3 is 4.74 Å². The molecule has 0 spiro atoms. The van der Waals surface area contributed by atoms with Crippen LogP contribution in [0.15, 0.2) is 36.9 Å². The predicted molar refractivity (Wildman–Crippen MR) is 69.9 cm³/mol. The molecule has 92 valence electrons. The van der Waals surface area contributed by atoms with Crippen LogP contribution in [0, 0.1) is 0 Å². The van der Waals surface area contributed by atoms with Gasteiger partial charge in [0.25, 0.3) is 0 Å². The number of benzene rings is 1. The molecule has 1 aromatic rings. The van der Waals surface area contributed by atoms with Gasteiger partial charge in [0.2, 0.25) is 0 Å². The zero-order valence-corrected chi connectivity index (χ0v) is 10.8. The molecule has 1 aromatic carbocycles. The monoisotopic (exact) mass is 232 g/mol. The zero-order valence-electron chi connectivity index (χ0n) is 10.8. The topological polar surface area (TPSA) is 26.3 Å². The molecule has 0 saturated heterocycles. The maximum Gasteiger partial charge on any atom is 0.303 e. The summed E-state index contributed by atoms with van der Waals surface area (Å²) in [7, 11) is 0. The number of rotatable bonds is 5. The highest BCUT2D eigenvalue weighted by Gasteiger charge is 2.13. The molecule has 2 nitrogen and oxygen atoms in total. The smallest absolute Gasteiger partial charge is 0.303 e. The lowest BCUT2D eigenvalue weighted by molar-refractivity contribution is -0.146. The molecule has 1 rings (SSSR count). The lowest BCUT2D eigenvalue weighted by atomic mass is 9.99. The van der Waals surface area contributed by atoms with Crippen molar-refractivity contribution in [3.05, 3.63) is 48.0 Å². The molecule has 0 aliphatic rings. The predicted octanol–water partition coefficient (Wildman–Crippen LogP) is 3.99. The van der Waals surface area contributed by atoms with Crippen molar-refractivity contribution in [3.8, 4) is 0 Å². The Hall–Kier alpha value is -1.57. The van der Waals surface area contributed by atoms with E-state index in [1.54, 1.807) is 6.08 Å². The largest absolute Gasteiger partial charge is 0.457 e. The van der Waals surface area contributed by atoms with E-state index in [0.717, 1.165) is 5.56 Å². The minimum absolute atomic E-state index is 0.216. The van der Waals surface area contributed by atoms with Gasteiger partial charge in [-0.3, -0.25) is 4.79 Å². The normalized spacial score (nSPS) is 12.2. The summed E-state index contributed by atoms with van der Waals surface area (Å²) >= 11 is 0. The Bertz CT molecular complexity index is 376. The molecule has 0 heterocycles. The highest BCUT2D eigenvalue weighted by molar-refractivity contribution is 5.66. The second kappa shape index (κ2) is 6.24. The molecule has 0 saturated carbocycles. The van der Waals surface area contributed by atoms with E-state index >= 15 is 0 Å². The van der Waals surface area contributed by atoms with Crippen molar-refractivity contribution >= 4 is 5.97 Å². The lowest BCUT2D eigenvalue weighted by Crippen LogP contribution is -2.07. The lowest BCUT2D eigenvalue weighted by Gasteiger charge is -2.16. The average Bonchev–Trinajstić information content (AvgIpc) is 2.28. The molecule has 17 heavy (non-hydrogen) atoms. The van der Waals surface area contributed by atoms with Crippen LogP contribution in [0.1, 0.15) is 50.3 Å². The van der Waals surface area contributed by atoms with Gasteiger partial charge in [0.05, 0.1) is 0 Å². The second-order valence-electron chi connectivity index (χ2n) is 4.44. The van der Waals surface area contributed by atoms with E-state index < -0.39 is 0 Å². The van der Waals surface area contributed by atoms with Crippen LogP contribution in [0.5, 0.6) is 0 Å². The van der Waals surface area contributed by atoms with Gasteiger partial charge in [-0.25, -0.2) is 0 Å². The van der Waals surface area contributed by atoms with E-state index in [1.165, 1.54) is 12.5 Å². The van der Waals surface area contributed by atoms with Gasteiger partial charge in [-0.1, -0.05) is 44.2 Å². The maximum absolute atomic E-state index is 11.0. The highest BCUT2D eigenvalue weighted by Crippen LogP contribution is 2.24. The van der Waals surface area contributed by atoms with Gasteiger partial charge in [0.15, 0.2) is 0 Å². The minimum Gasteiger partial charge on any atom is -0.457 e. The van der Waals surface area contributed by atoms with Crippen LogP contribution in [0.25, 0.3) is 0 Å². The summed E-state index contributed by atoms with van der Waals surface area (Å²) in [5, 5.41) is 0. The van der Waals surface area contributed by atoms with Gasteiger partial charge in [-0.2, -0.15) is 0 Å². The van der Waals surface area contributed by atoms with Crippen LogP contribution in [0.2, 0.25) is 0 Å². The number of ether oxygens (including phenoxy) is 1.